The lowest BCUT2D eigenvalue weighted by Crippen LogP contribution is -2.62. The van der Waals surface area contributed by atoms with Crippen LogP contribution in [0.5, 0.6) is 0 Å². The predicted octanol–water partition coefficient (Wildman–Crippen LogP) is 6.70. The van der Waals surface area contributed by atoms with Crippen molar-refractivity contribution in [3.05, 3.63) is 0 Å². The molecule has 2 unspecified atom stereocenters. The number of rotatable bonds is 21. The Kier molecular flexibility index (Phi) is 19.1. The highest BCUT2D eigenvalue weighted by molar-refractivity contribution is 4.54. The topological polar surface area (TPSA) is 52.0 Å². The SMILES string of the molecule is CCCCCCCCCCCCCCCCCC[N+](N)(CCC)C(C)CN. The second kappa shape index (κ2) is 19.2. The standard InChI is InChI=1S/C24H54N3/c1-4-6-7-8-9-10-11-12-13-14-15-16-17-18-19-20-22-27(26,21-5-2)24(3)23-25/h24H,4-23,25-26H2,1-3H3/q+1. The highest BCUT2D eigenvalue weighted by atomic mass is 15.6. The molecule has 4 N–H and O–H groups in total. The van der Waals surface area contributed by atoms with Gasteiger partial charge in [0, 0.05) is 6.54 Å². The van der Waals surface area contributed by atoms with E-state index >= 15 is 0 Å². The van der Waals surface area contributed by atoms with Crippen LogP contribution in [-0.4, -0.2) is 30.3 Å². The van der Waals surface area contributed by atoms with E-state index in [4.69, 9.17) is 11.6 Å². The van der Waals surface area contributed by atoms with Gasteiger partial charge in [-0.15, -0.1) is 0 Å². The minimum absolute atomic E-state index is 0.376. The summed E-state index contributed by atoms with van der Waals surface area (Å²) in [6.07, 6.45) is 23.8. The molecule has 0 fully saturated rings. The van der Waals surface area contributed by atoms with Gasteiger partial charge in [-0.05, 0) is 26.2 Å². The lowest BCUT2D eigenvalue weighted by molar-refractivity contribution is -0.959. The van der Waals surface area contributed by atoms with Gasteiger partial charge in [-0.1, -0.05) is 104 Å². The minimum atomic E-state index is 0.376. The molecule has 27 heavy (non-hydrogen) atoms. The molecule has 0 aliphatic rings. The van der Waals surface area contributed by atoms with E-state index in [1.807, 2.05) is 0 Å². The summed E-state index contributed by atoms with van der Waals surface area (Å²) >= 11 is 0. The lowest BCUT2D eigenvalue weighted by Gasteiger charge is -2.37. The Morgan fingerprint density at radius 1 is 0.556 bits per heavy atom. The van der Waals surface area contributed by atoms with Crippen molar-refractivity contribution in [3.63, 3.8) is 0 Å². The van der Waals surface area contributed by atoms with Crippen LogP contribution in [0.25, 0.3) is 0 Å². The molecule has 0 saturated heterocycles. The van der Waals surface area contributed by atoms with Crippen LogP contribution in [0.3, 0.4) is 0 Å². The molecule has 0 aromatic heterocycles. The fraction of sp³-hybridized carbons (Fsp3) is 1.00. The quantitative estimate of drug-likeness (QED) is 0.100. The van der Waals surface area contributed by atoms with E-state index in [0.29, 0.717) is 17.2 Å². The van der Waals surface area contributed by atoms with Crippen molar-refractivity contribution in [2.75, 3.05) is 19.6 Å². The Labute approximate surface area is 172 Å². The Balaban J connectivity index is 3.37. The summed E-state index contributed by atoms with van der Waals surface area (Å²) in [6.45, 7) is 9.54. The number of nitrogens with zero attached hydrogens (tertiary/aromatic N) is 1. The summed E-state index contributed by atoms with van der Waals surface area (Å²) in [5.41, 5.74) is 5.85. The van der Waals surface area contributed by atoms with Crippen molar-refractivity contribution in [3.8, 4) is 0 Å². The van der Waals surface area contributed by atoms with Gasteiger partial charge < -0.3 is 5.73 Å². The first-order chi connectivity index (χ1) is 13.1. The molecule has 164 valence electrons. The van der Waals surface area contributed by atoms with Crippen LogP contribution in [0, 0.1) is 0 Å². The molecule has 0 aromatic carbocycles. The van der Waals surface area contributed by atoms with Gasteiger partial charge in [-0.2, -0.15) is 5.84 Å². The van der Waals surface area contributed by atoms with Crippen molar-refractivity contribution >= 4 is 0 Å². The molecule has 0 amide bonds. The zero-order valence-electron chi connectivity index (χ0n) is 19.3. The third-order valence-electron chi connectivity index (χ3n) is 6.29. The molecule has 0 saturated carbocycles. The largest absolute Gasteiger partial charge is 0.325 e. The predicted molar refractivity (Wildman–Crippen MR) is 123 cm³/mol. The summed E-state index contributed by atoms with van der Waals surface area (Å²) in [6, 6.07) is 0.376. The van der Waals surface area contributed by atoms with Crippen LogP contribution in [0.1, 0.15) is 130 Å². The maximum atomic E-state index is 6.58. The molecule has 0 radical (unpaired) electrons. The lowest BCUT2D eigenvalue weighted by atomic mass is 10.0. The van der Waals surface area contributed by atoms with Gasteiger partial charge in [-0.25, -0.2) is 4.59 Å². The molecule has 0 rings (SSSR count). The molecular weight excluding hydrogens is 330 g/mol. The monoisotopic (exact) mass is 384 g/mol. The summed E-state index contributed by atoms with van der Waals surface area (Å²) in [5, 5.41) is 0. The van der Waals surface area contributed by atoms with E-state index in [0.717, 1.165) is 19.5 Å². The number of quaternary nitrogens is 1. The van der Waals surface area contributed by atoms with Crippen molar-refractivity contribution in [1.82, 2.24) is 0 Å². The smallest absolute Gasteiger partial charge is 0.116 e. The number of hydrogen-bond acceptors (Lipinski definition) is 2. The second-order valence-corrected chi connectivity index (χ2v) is 8.94. The summed E-state index contributed by atoms with van der Waals surface area (Å²) in [7, 11) is 0. The molecule has 0 aromatic rings. The molecular formula is C24H54N3+. The molecule has 0 bridgehead atoms. The highest BCUT2D eigenvalue weighted by Gasteiger charge is 2.27. The van der Waals surface area contributed by atoms with E-state index in [1.165, 1.54) is 103 Å². The molecule has 0 aliphatic carbocycles. The van der Waals surface area contributed by atoms with Gasteiger partial charge in [0.25, 0.3) is 0 Å². The van der Waals surface area contributed by atoms with Crippen LogP contribution in [0.15, 0.2) is 0 Å². The zero-order valence-corrected chi connectivity index (χ0v) is 19.3. The van der Waals surface area contributed by atoms with Gasteiger partial charge in [0.1, 0.15) is 6.04 Å². The van der Waals surface area contributed by atoms with Crippen LogP contribution in [0.4, 0.5) is 0 Å². The molecule has 3 nitrogen and oxygen atoms in total. The normalized spacial score (nSPS) is 15.0. The van der Waals surface area contributed by atoms with Crippen LogP contribution < -0.4 is 11.6 Å². The molecule has 3 heteroatoms. The van der Waals surface area contributed by atoms with E-state index in [1.54, 1.807) is 0 Å². The summed E-state index contributed by atoms with van der Waals surface area (Å²) in [4.78, 5) is 0. The molecule has 2 atom stereocenters. The molecule has 0 heterocycles. The van der Waals surface area contributed by atoms with E-state index < -0.39 is 0 Å². The van der Waals surface area contributed by atoms with Gasteiger partial charge in [0.2, 0.25) is 0 Å². The minimum Gasteiger partial charge on any atom is -0.325 e. The van der Waals surface area contributed by atoms with Gasteiger partial charge in [0.05, 0.1) is 13.1 Å². The Morgan fingerprint density at radius 3 is 1.26 bits per heavy atom. The molecule has 0 spiro atoms. The summed E-state index contributed by atoms with van der Waals surface area (Å²) < 4.78 is 0.672. The zero-order chi connectivity index (χ0) is 20.2. The maximum absolute atomic E-state index is 6.58. The first-order valence-corrected chi connectivity index (χ1v) is 12.5. The van der Waals surface area contributed by atoms with Crippen LogP contribution in [-0.2, 0) is 0 Å². The first-order valence-electron chi connectivity index (χ1n) is 12.5. The van der Waals surface area contributed by atoms with Gasteiger partial charge in [0.15, 0.2) is 0 Å². The number of unbranched alkanes of at least 4 members (excludes halogenated alkanes) is 15. The number of nitrogens with two attached hydrogens (primary N) is 2. The van der Waals surface area contributed by atoms with Crippen LogP contribution in [0.2, 0.25) is 0 Å². The van der Waals surface area contributed by atoms with Crippen molar-refractivity contribution in [1.29, 1.82) is 0 Å². The Bertz CT molecular complexity index is 295. The fourth-order valence-corrected chi connectivity index (χ4v) is 4.13. The average molecular weight is 385 g/mol. The first kappa shape index (κ1) is 26.9. The van der Waals surface area contributed by atoms with Gasteiger partial charge in [-0.3, -0.25) is 0 Å². The second-order valence-electron chi connectivity index (χ2n) is 8.94. The van der Waals surface area contributed by atoms with Crippen molar-refractivity contribution in [2.45, 2.75) is 136 Å². The average Bonchev–Trinajstić information content (AvgIpc) is 2.67. The van der Waals surface area contributed by atoms with Gasteiger partial charge >= 0.3 is 0 Å². The number of hydrogen-bond donors (Lipinski definition) is 2. The van der Waals surface area contributed by atoms with Crippen molar-refractivity contribution < 1.29 is 4.59 Å². The van der Waals surface area contributed by atoms with Crippen molar-refractivity contribution in [2.24, 2.45) is 11.6 Å². The van der Waals surface area contributed by atoms with E-state index in [2.05, 4.69) is 20.8 Å². The van der Waals surface area contributed by atoms with E-state index in [-0.39, 0.29) is 0 Å². The molecule has 0 aliphatic heterocycles. The third kappa shape index (κ3) is 15.5. The van der Waals surface area contributed by atoms with Crippen LogP contribution >= 0.6 is 0 Å². The summed E-state index contributed by atoms with van der Waals surface area (Å²) in [5.74, 6) is 6.58. The Morgan fingerprint density at radius 2 is 0.926 bits per heavy atom. The van der Waals surface area contributed by atoms with E-state index in [9.17, 15) is 0 Å². The fourth-order valence-electron chi connectivity index (χ4n) is 4.13. The highest BCUT2D eigenvalue weighted by Crippen LogP contribution is 2.15. The maximum Gasteiger partial charge on any atom is 0.116 e. The Hall–Kier alpha value is -0.120. The third-order valence-corrected chi connectivity index (χ3v) is 6.29.